The number of hydrogen-bond acceptors (Lipinski definition) is 2. The highest BCUT2D eigenvalue weighted by molar-refractivity contribution is 9.10. The molecule has 0 spiro atoms. The minimum Gasteiger partial charge on any atom is -0.343 e. The van der Waals surface area contributed by atoms with Gasteiger partial charge in [-0.05, 0) is 24.0 Å². The first-order chi connectivity index (χ1) is 9.61. The smallest absolute Gasteiger partial charge is 0.219 e. The van der Waals surface area contributed by atoms with E-state index in [1.807, 2.05) is 11.0 Å². The van der Waals surface area contributed by atoms with Crippen LogP contribution in [0.25, 0.3) is 0 Å². The highest BCUT2D eigenvalue weighted by Gasteiger charge is 2.28. The molecule has 1 heterocycles. The Balaban J connectivity index is 1.92. The minimum atomic E-state index is 0.202. The molecule has 0 radical (unpaired) electrons. The van der Waals surface area contributed by atoms with Gasteiger partial charge in [0, 0.05) is 37.1 Å². The molecular weight excluding hydrogens is 316 g/mol. The van der Waals surface area contributed by atoms with Gasteiger partial charge < -0.3 is 10.2 Å². The van der Waals surface area contributed by atoms with Gasteiger partial charge in [-0.25, -0.2) is 0 Å². The maximum absolute atomic E-state index is 11.5. The molecule has 0 aliphatic carbocycles. The van der Waals surface area contributed by atoms with Gasteiger partial charge >= 0.3 is 0 Å². The van der Waals surface area contributed by atoms with Crippen molar-refractivity contribution in [2.24, 2.45) is 5.92 Å². The van der Waals surface area contributed by atoms with Crippen molar-refractivity contribution in [3.8, 4) is 0 Å². The lowest BCUT2D eigenvalue weighted by atomic mass is 9.89. The maximum atomic E-state index is 11.5. The summed E-state index contributed by atoms with van der Waals surface area (Å²) in [6, 6.07) is 8.82. The minimum absolute atomic E-state index is 0.202. The van der Waals surface area contributed by atoms with Crippen molar-refractivity contribution in [1.29, 1.82) is 0 Å². The normalized spacial score (nSPS) is 22.9. The van der Waals surface area contributed by atoms with Gasteiger partial charge in [0.1, 0.15) is 0 Å². The van der Waals surface area contributed by atoms with E-state index < -0.39 is 0 Å². The summed E-state index contributed by atoms with van der Waals surface area (Å²) in [6.07, 6.45) is 2.15. The lowest BCUT2D eigenvalue weighted by Gasteiger charge is -2.38. The Hall–Kier alpha value is -0.870. The molecule has 1 aromatic carbocycles. The largest absolute Gasteiger partial charge is 0.343 e. The molecule has 0 bridgehead atoms. The number of halogens is 1. The van der Waals surface area contributed by atoms with Crippen LogP contribution in [-0.4, -0.2) is 29.9 Å². The molecule has 110 valence electrons. The second kappa shape index (κ2) is 7.23. The molecule has 1 aromatic rings. The predicted molar refractivity (Wildman–Crippen MR) is 85.4 cm³/mol. The van der Waals surface area contributed by atoms with Gasteiger partial charge in [-0.2, -0.15) is 0 Å². The van der Waals surface area contributed by atoms with Gasteiger partial charge in [0.2, 0.25) is 5.91 Å². The van der Waals surface area contributed by atoms with E-state index in [1.54, 1.807) is 6.92 Å². The average molecular weight is 339 g/mol. The lowest BCUT2D eigenvalue weighted by molar-refractivity contribution is -0.131. The zero-order chi connectivity index (χ0) is 14.5. The number of carbonyl (C=O) groups is 1. The number of nitrogens with zero attached hydrogens (tertiary/aromatic N) is 1. The van der Waals surface area contributed by atoms with Crippen LogP contribution >= 0.6 is 15.9 Å². The van der Waals surface area contributed by atoms with Crippen LogP contribution < -0.4 is 5.32 Å². The molecule has 1 saturated heterocycles. The van der Waals surface area contributed by atoms with Gasteiger partial charge in [-0.15, -0.1) is 0 Å². The van der Waals surface area contributed by atoms with Crippen molar-refractivity contribution in [2.75, 3.05) is 13.1 Å². The number of carbonyl (C=O) groups excluding carboxylic acids is 1. The van der Waals surface area contributed by atoms with E-state index in [0.717, 1.165) is 36.9 Å². The maximum Gasteiger partial charge on any atom is 0.219 e. The summed E-state index contributed by atoms with van der Waals surface area (Å²) in [4.78, 5) is 13.5. The van der Waals surface area contributed by atoms with Crippen molar-refractivity contribution < 1.29 is 4.79 Å². The zero-order valence-electron chi connectivity index (χ0n) is 12.2. The predicted octanol–water partition coefficient (Wildman–Crippen LogP) is 3.19. The third-order valence-corrected chi connectivity index (χ3v) is 4.99. The van der Waals surface area contributed by atoms with E-state index in [2.05, 4.69) is 46.4 Å². The molecule has 1 aliphatic rings. The molecule has 20 heavy (non-hydrogen) atoms. The Bertz CT molecular complexity index is 464. The molecule has 0 aromatic heterocycles. The summed E-state index contributed by atoms with van der Waals surface area (Å²) < 4.78 is 1.15. The quantitative estimate of drug-likeness (QED) is 0.914. The van der Waals surface area contributed by atoms with E-state index >= 15 is 0 Å². The van der Waals surface area contributed by atoms with E-state index in [0.29, 0.717) is 12.0 Å². The fourth-order valence-corrected chi connectivity index (χ4v) is 3.31. The third-order valence-electron chi connectivity index (χ3n) is 4.22. The Labute approximate surface area is 129 Å². The molecule has 2 rings (SSSR count). The molecular formula is C16H23BrN2O. The zero-order valence-corrected chi connectivity index (χ0v) is 13.8. The highest BCUT2D eigenvalue weighted by atomic mass is 79.9. The lowest BCUT2D eigenvalue weighted by Crippen LogP contribution is -2.50. The summed E-state index contributed by atoms with van der Waals surface area (Å²) in [5.41, 5.74) is 1.29. The Kier molecular flexibility index (Phi) is 5.61. The Morgan fingerprint density at radius 1 is 1.45 bits per heavy atom. The first-order valence-electron chi connectivity index (χ1n) is 7.34. The third kappa shape index (κ3) is 3.83. The van der Waals surface area contributed by atoms with E-state index in [4.69, 9.17) is 0 Å². The number of rotatable bonds is 4. The highest BCUT2D eigenvalue weighted by Crippen LogP contribution is 2.22. The number of benzene rings is 1. The fraction of sp³-hybridized carbons (Fsp3) is 0.562. The van der Waals surface area contributed by atoms with Crippen molar-refractivity contribution >= 4 is 21.8 Å². The molecule has 2 atom stereocenters. The monoisotopic (exact) mass is 338 g/mol. The standard InChI is InChI=1S/C16H23BrN2O/c1-3-13-11-19(12(2)20)9-8-16(13)18-10-14-6-4-5-7-15(14)17/h4-7,13,16,18H,3,8-11H2,1-2H3/t13-,16+/m0/s1. The molecule has 0 saturated carbocycles. The average Bonchev–Trinajstić information content (AvgIpc) is 2.46. The van der Waals surface area contributed by atoms with Crippen molar-refractivity contribution in [1.82, 2.24) is 10.2 Å². The van der Waals surface area contributed by atoms with Crippen LogP contribution in [0.2, 0.25) is 0 Å². The van der Waals surface area contributed by atoms with Crippen molar-refractivity contribution in [2.45, 2.75) is 39.3 Å². The molecule has 1 fully saturated rings. The van der Waals surface area contributed by atoms with Gasteiger partial charge in [-0.3, -0.25) is 4.79 Å². The number of amides is 1. The number of likely N-dealkylation sites (tertiary alicyclic amines) is 1. The van der Waals surface area contributed by atoms with Gasteiger partial charge in [0.15, 0.2) is 0 Å². The molecule has 3 nitrogen and oxygen atoms in total. The number of hydrogen-bond donors (Lipinski definition) is 1. The second-order valence-electron chi connectivity index (χ2n) is 5.50. The molecule has 1 aliphatic heterocycles. The van der Waals surface area contributed by atoms with E-state index in [9.17, 15) is 4.79 Å². The van der Waals surface area contributed by atoms with Gasteiger partial charge in [0.25, 0.3) is 0 Å². The second-order valence-corrected chi connectivity index (χ2v) is 6.36. The van der Waals surface area contributed by atoms with Gasteiger partial charge in [-0.1, -0.05) is 47.5 Å². The molecule has 1 N–H and O–H groups in total. The van der Waals surface area contributed by atoms with Crippen LogP contribution in [-0.2, 0) is 11.3 Å². The van der Waals surface area contributed by atoms with Crippen LogP contribution in [0.5, 0.6) is 0 Å². The number of piperidine rings is 1. The van der Waals surface area contributed by atoms with Crippen LogP contribution in [0.4, 0.5) is 0 Å². The summed E-state index contributed by atoms with van der Waals surface area (Å²) in [7, 11) is 0. The van der Waals surface area contributed by atoms with Crippen LogP contribution in [0.1, 0.15) is 32.3 Å². The Morgan fingerprint density at radius 3 is 2.85 bits per heavy atom. The number of nitrogens with one attached hydrogen (secondary N) is 1. The van der Waals surface area contributed by atoms with Crippen LogP contribution in [0.15, 0.2) is 28.7 Å². The van der Waals surface area contributed by atoms with E-state index in [-0.39, 0.29) is 5.91 Å². The molecule has 4 heteroatoms. The first-order valence-corrected chi connectivity index (χ1v) is 8.13. The van der Waals surface area contributed by atoms with Crippen LogP contribution in [0, 0.1) is 5.92 Å². The SMILES string of the molecule is CC[C@H]1CN(C(C)=O)CC[C@H]1NCc1ccccc1Br. The Morgan fingerprint density at radius 2 is 2.20 bits per heavy atom. The summed E-state index contributed by atoms with van der Waals surface area (Å²) >= 11 is 3.59. The molecule has 0 unspecified atom stereocenters. The fourth-order valence-electron chi connectivity index (χ4n) is 2.88. The first kappa shape index (κ1) is 15.5. The van der Waals surface area contributed by atoms with Crippen molar-refractivity contribution in [3.05, 3.63) is 34.3 Å². The van der Waals surface area contributed by atoms with Crippen LogP contribution in [0.3, 0.4) is 0 Å². The summed E-state index contributed by atoms with van der Waals surface area (Å²) in [5.74, 6) is 0.753. The van der Waals surface area contributed by atoms with E-state index in [1.165, 1.54) is 5.56 Å². The molecule has 1 amide bonds. The van der Waals surface area contributed by atoms with Gasteiger partial charge in [0.05, 0.1) is 0 Å². The summed E-state index contributed by atoms with van der Waals surface area (Å²) in [5, 5.41) is 3.67. The van der Waals surface area contributed by atoms with Crippen molar-refractivity contribution in [3.63, 3.8) is 0 Å². The topological polar surface area (TPSA) is 32.3 Å². The summed E-state index contributed by atoms with van der Waals surface area (Å²) in [6.45, 7) is 6.52.